The van der Waals surface area contributed by atoms with Crippen molar-refractivity contribution in [2.45, 2.75) is 38.6 Å². The molecule has 0 aromatic rings. The number of ether oxygens (including phenoxy) is 1. The van der Waals surface area contributed by atoms with Gasteiger partial charge in [0.15, 0.2) is 0 Å². The Morgan fingerprint density at radius 3 is 2.69 bits per heavy atom. The largest absolute Gasteiger partial charge is 0.659 e. The van der Waals surface area contributed by atoms with Crippen molar-refractivity contribution in [1.82, 2.24) is 0 Å². The predicted molar refractivity (Wildman–Crippen MR) is 51.7 cm³/mol. The van der Waals surface area contributed by atoms with Crippen LogP contribution >= 0.6 is 0 Å². The summed E-state index contributed by atoms with van der Waals surface area (Å²) in [7, 11) is 1.43. The number of esters is 1. The molecule has 0 aromatic carbocycles. The van der Waals surface area contributed by atoms with Crippen LogP contribution in [-0.4, -0.2) is 25.7 Å². The summed E-state index contributed by atoms with van der Waals surface area (Å²) in [5.41, 5.74) is 0. The van der Waals surface area contributed by atoms with Crippen molar-refractivity contribution in [3.05, 3.63) is 5.32 Å². The summed E-state index contributed by atoms with van der Waals surface area (Å²) in [5, 5.41) is 4.49. The molecule has 1 rings (SSSR count). The maximum Gasteiger partial charge on any atom is 0.306 e. The van der Waals surface area contributed by atoms with Crippen molar-refractivity contribution in [1.29, 1.82) is 0 Å². The lowest BCUT2D eigenvalue weighted by molar-refractivity contribution is -0.144. The summed E-state index contributed by atoms with van der Waals surface area (Å²) >= 11 is 0. The van der Waals surface area contributed by atoms with Crippen LogP contribution in [0.25, 0.3) is 5.32 Å². The van der Waals surface area contributed by atoms with Crippen LogP contribution in [0.1, 0.15) is 32.6 Å². The third-order valence-electron chi connectivity index (χ3n) is 2.57. The summed E-state index contributed by atoms with van der Waals surface area (Å²) in [6.45, 7) is 2.49. The number of carbonyl (C=O) groups is 1. The van der Waals surface area contributed by atoms with Gasteiger partial charge in [-0.3, -0.25) is 4.79 Å². The van der Waals surface area contributed by atoms with Crippen molar-refractivity contribution in [3.8, 4) is 0 Å². The van der Waals surface area contributed by atoms with Gasteiger partial charge in [-0.15, -0.1) is 12.6 Å². The average molecular weight is 184 g/mol. The van der Waals surface area contributed by atoms with Crippen LogP contribution in [0.3, 0.4) is 0 Å². The van der Waals surface area contributed by atoms with Gasteiger partial charge in [0.05, 0.1) is 7.11 Å². The van der Waals surface area contributed by atoms with E-state index >= 15 is 0 Å². The fourth-order valence-corrected chi connectivity index (χ4v) is 1.67. The van der Waals surface area contributed by atoms with Gasteiger partial charge >= 0.3 is 5.97 Å². The zero-order chi connectivity index (χ0) is 9.68. The Balaban J connectivity index is 2.13. The number of methoxy groups -OCH3 is 1. The minimum atomic E-state index is -0.151. The Kier molecular flexibility index (Phi) is 4.22. The fourth-order valence-electron chi connectivity index (χ4n) is 1.67. The molecule has 3 nitrogen and oxygen atoms in total. The lowest BCUT2D eigenvalue weighted by Crippen LogP contribution is -2.18. The Bertz CT molecular complexity index is 164. The first kappa shape index (κ1) is 10.5. The number of hydrogen-bond donors (Lipinski definition) is 0. The molecule has 1 atom stereocenters. The maximum absolute atomic E-state index is 11.0. The van der Waals surface area contributed by atoms with E-state index in [1.807, 2.05) is 6.92 Å². The maximum atomic E-state index is 11.0. The molecule has 0 radical (unpaired) electrons. The Morgan fingerprint density at radius 2 is 2.15 bits per heavy atom. The van der Waals surface area contributed by atoms with Gasteiger partial charge in [-0.25, -0.2) is 0 Å². The summed E-state index contributed by atoms with van der Waals surface area (Å²) in [5.74, 6) is -0.229. The monoisotopic (exact) mass is 184 g/mol. The van der Waals surface area contributed by atoms with Crippen LogP contribution < -0.4 is 0 Å². The summed E-state index contributed by atoms with van der Waals surface area (Å²) in [4.78, 5) is 11.0. The Labute approximate surface area is 79.8 Å². The van der Waals surface area contributed by atoms with Gasteiger partial charge in [-0.2, -0.15) is 0 Å². The van der Waals surface area contributed by atoms with E-state index in [0.29, 0.717) is 12.6 Å². The second-order valence-corrected chi connectivity index (χ2v) is 3.73. The van der Waals surface area contributed by atoms with E-state index in [2.05, 4.69) is 10.1 Å². The van der Waals surface area contributed by atoms with Gasteiger partial charge in [0.1, 0.15) is 0 Å². The van der Waals surface area contributed by atoms with Crippen LogP contribution in [0.2, 0.25) is 0 Å². The lowest BCUT2D eigenvalue weighted by atomic mass is 10.1. The molecule has 1 saturated carbocycles. The molecule has 0 spiro atoms. The van der Waals surface area contributed by atoms with Crippen LogP contribution in [0.4, 0.5) is 0 Å². The first-order valence-electron chi connectivity index (χ1n) is 4.98. The van der Waals surface area contributed by atoms with Gasteiger partial charge in [0, 0.05) is 5.92 Å². The van der Waals surface area contributed by atoms with Crippen molar-refractivity contribution in [2.75, 3.05) is 13.7 Å². The third-order valence-corrected chi connectivity index (χ3v) is 2.57. The van der Waals surface area contributed by atoms with Crippen molar-refractivity contribution >= 4 is 5.97 Å². The first-order chi connectivity index (χ1) is 6.24. The molecule has 3 heteroatoms. The molecule has 0 heterocycles. The molecule has 1 aliphatic carbocycles. The van der Waals surface area contributed by atoms with Gasteiger partial charge < -0.3 is 10.1 Å². The molecule has 1 aliphatic rings. The standard InChI is InChI=1S/C10H18NO2/c1-8(10(12)13-2)7-11-9-5-3-4-6-9/h8-9H,3-7H2,1-2H3/q-1. The fraction of sp³-hybridized carbons (Fsp3) is 0.900. The van der Waals surface area contributed by atoms with E-state index in [-0.39, 0.29) is 11.9 Å². The molecule has 1 fully saturated rings. The van der Waals surface area contributed by atoms with Gasteiger partial charge in [0.2, 0.25) is 0 Å². The molecule has 0 aromatic heterocycles. The van der Waals surface area contributed by atoms with E-state index in [0.717, 1.165) is 0 Å². The molecule has 0 bridgehead atoms. The molecule has 0 amide bonds. The molecular weight excluding hydrogens is 166 g/mol. The van der Waals surface area contributed by atoms with Crippen molar-refractivity contribution in [2.24, 2.45) is 5.92 Å². The summed E-state index contributed by atoms with van der Waals surface area (Å²) in [6.07, 6.45) is 4.99. The zero-order valence-electron chi connectivity index (χ0n) is 8.45. The number of carbonyl (C=O) groups excluding carboxylic acids is 1. The molecule has 0 aliphatic heterocycles. The van der Waals surface area contributed by atoms with Crippen molar-refractivity contribution in [3.63, 3.8) is 0 Å². The first-order valence-corrected chi connectivity index (χ1v) is 4.98. The highest BCUT2D eigenvalue weighted by atomic mass is 16.5. The topological polar surface area (TPSA) is 40.4 Å². The second kappa shape index (κ2) is 5.22. The third kappa shape index (κ3) is 3.35. The van der Waals surface area contributed by atoms with Crippen LogP contribution in [0.5, 0.6) is 0 Å². The minimum absolute atomic E-state index is 0.0781. The van der Waals surface area contributed by atoms with E-state index in [1.165, 1.54) is 32.8 Å². The van der Waals surface area contributed by atoms with E-state index in [1.54, 1.807) is 0 Å². The summed E-state index contributed by atoms with van der Waals surface area (Å²) < 4.78 is 4.63. The predicted octanol–water partition coefficient (Wildman–Crippen LogP) is 2.11. The van der Waals surface area contributed by atoms with E-state index in [9.17, 15) is 4.79 Å². The molecule has 13 heavy (non-hydrogen) atoms. The van der Waals surface area contributed by atoms with Gasteiger partial charge in [-0.05, 0) is 0 Å². The van der Waals surface area contributed by atoms with Crippen LogP contribution in [0, 0.1) is 5.92 Å². The molecular formula is C10H18NO2-. The molecule has 0 saturated heterocycles. The SMILES string of the molecule is COC(=O)C(C)C[N-]C1CCCC1. The lowest BCUT2D eigenvalue weighted by Gasteiger charge is -2.29. The highest BCUT2D eigenvalue weighted by molar-refractivity contribution is 5.72. The van der Waals surface area contributed by atoms with Crippen LogP contribution in [-0.2, 0) is 9.53 Å². The van der Waals surface area contributed by atoms with Gasteiger partial charge in [-0.1, -0.05) is 32.6 Å². The number of hydrogen-bond acceptors (Lipinski definition) is 2. The normalized spacial score (nSPS) is 20.2. The van der Waals surface area contributed by atoms with Crippen LogP contribution in [0.15, 0.2) is 0 Å². The minimum Gasteiger partial charge on any atom is -0.659 e. The second-order valence-electron chi connectivity index (χ2n) is 3.73. The Hall–Kier alpha value is -0.570. The number of nitrogens with zero attached hydrogens (tertiary/aromatic N) is 1. The van der Waals surface area contributed by atoms with E-state index in [4.69, 9.17) is 0 Å². The molecule has 1 unspecified atom stereocenters. The summed E-state index contributed by atoms with van der Waals surface area (Å²) in [6, 6.07) is 0.507. The Morgan fingerprint density at radius 1 is 1.54 bits per heavy atom. The molecule has 76 valence electrons. The number of rotatable bonds is 4. The zero-order valence-corrected chi connectivity index (χ0v) is 8.45. The van der Waals surface area contributed by atoms with E-state index < -0.39 is 0 Å². The van der Waals surface area contributed by atoms with Gasteiger partial charge in [0.25, 0.3) is 0 Å². The van der Waals surface area contributed by atoms with Crippen molar-refractivity contribution < 1.29 is 9.53 Å². The average Bonchev–Trinajstić information content (AvgIpc) is 2.65. The molecule has 0 N–H and O–H groups in total. The highest BCUT2D eigenvalue weighted by Crippen LogP contribution is 2.25. The highest BCUT2D eigenvalue weighted by Gasteiger charge is 2.10. The quantitative estimate of drug-likeness (QED) is 0.628. The smallest absolute Gasteiger partial charge is 0.306 e.